The lowest BCUT2D eigenvalue weighted by Gasteiger charge is -2.34. The predicted molar refractivity (Wildman–Crippen MR) is 209 cm³/mol. The highest BCUT2D eigenvalue weighted by molar-refractivity contribution is 7.85. The first-order chi connectivity index (χ1) is 24.2. The van der Waals surface area contributed by atoms with E-state index in [1.165, 1.54) is 31.9 Å². The fourth-order valence-electron chi connectivity index (χ4n) is 8.63. The average Bonchev–Trinajstić information content (AvgIpc) is 3.44. The molecule has 2 aliphatic rings. The van der Waals surface area contributed by atoms with Gasteiger partial charge >= 0.3 is 0 Å². The summed E-state index contributed by atoms with van der Waals surface area (Å²) in [6.45, 7) is 0. The zero-order chi connectivity index (χ0) is 32.6. The highest BCUT2D eigenvalue weighted by Crippen LogP contribution is 2.55. The molecule has 3 heterocycles. The van der Waals surface area contributed by atoms with Crippen LogP contribution in [0.25, 0.3) is 32.4 Å². The van der Waals surface area contributed by atoms with E-state index in [1.807, 2.05) is 12.3 Å². The Kier molecular flexibility index (Phi) is 6.21. The summed E-state index contributed by atoms with van der Waals surface area (Å²) in [4.78, 5) is 4.72. The number of benzene rings is 7. The summed E-state index contributed by atoms with van der Waals surface area (Å²) in [7, 11) is -6.43. The summed E-state index contributed by atoms with van der Waals surface area (Å²) in [5, 5.41) is 11.2. The molecule has 0 saturated heterocycles. The van der Waals surface area contributed by atoms with E-state index in [9.17, 15) is 0 Å². The van der Waals surface area contributed by atoms with Crippen molar-refractivity contribution in [2.45, 2.75) is 0 Å². The van der Waals surface area contributed by atoms with E-state index in [2.05, 4.69) is 170 Å². The van der Waals surface area contributed by atoms with Gasteiger partial charge in [0.2, 0.25) is 0 Å². The molecule has 8 aromatic rings. The molecule has 230 valence electrons. The Morgan fingerprint density at radius 1 is 0.510 bits per heavy atom. The first-order valence-corrected chi connectivity index (χ1v) is 20.4. The van der Waals surface area contributed by atoms with Gasteiger partial charge in [0.15, 0.2) is 15.2 Å². The normalized spacial score (nSPS) is 17.2. The van der Waals surface area contributed by atoms with Crippen molar-refractivity contribution >= 4 is 79.1 Å². The molecule has 0 N–H and O–H groups in total. The van der Waals surface area contributed by atoms with E-state index in [1.54, 1.807) is 0 Å². The molecule has 1 atom stereocenters. The van der Waals surface area contributed by atoms with Crippen LogP contribution in [0.3, 0.4) is 0 Å². The van der Waals surface area contributed by atoms with Crippen molar-refractivity contribution < 1.29 is 4.57 Å². The van der Waals surface area contributed by atoms with Crippen LogP contribution in [0.2, 0.25) is 0 Å². The summed E-state index contributed by atoms with van der Waals surface area (Å²) in [6.07, 6.45) is 1.82. The van der Waals surface area contributed by atoms with Crippen LogP contribution in [0.4, 0.5) is 0 Å². The number of rotatable bonds is 3. The van der Waals surface area contributed by atoms with E-state index >= 15 is 4.57 Å². The number of pyridine rings is 1. The number of fused-ring (bicyclic) bond motifs is 9. The molecule has 0 radical (unpaired) electrons. The molecule has 0 spiro atoms. The predicted octanol–water partition coefficient (Wildman–Crippen LogP) is 7.32. The highest BCUT2D eigenvalue weighted by atomic mass is 31.2. The zero-order valence-electron chi connectivity index (χ0n) is 26.6. The molecular formula is C45H30NOPSi. The molecular weight excluding hydrogens is 630 g/mol. The van der Waals surface area contributed by atoms with Gasteiger partial charge in [-0.15, -0.1) is 0 Å². The lowest BCUT2D eigenvalue weighted by atomic mass is 9.91. The van der Waals surface area contributed by atoms with E-state index in [0.29, 0.717) is 0 Å². The standard InChI is InChI=1S/C45H30NOPSi/c47-48(33-27-25-32-15-13-29-46-39(32)30-33)40-23-11-9-21-37(40)45-44(43-36-20-8-7-14-31(36)26-28-41(43)48)38-22-10-12-24-42(38)49(45,34-16-3-1-4-17-34)35-18-5-2-6-19-35/h1-30H. The first kappa shape index (κ1) is 28.4. The second-order valence-electron chi connectivity index (χ2n) is 13.0. The van der Waals surface area contributed by atoms with Crippen molar-refractivity contribution in [3.63, 3.8) is 0 Å². The van der Waals surface area contributed by atoms with Crippen molar-refractivity contribution in [2.24, 2.45) is 0 Å². The van der Waals surface area contributed by atoms with Crippen molar-refractivity contribution in [3.05, 3.63) is 199 Å². The number of nitrogens with zero attached hydrogens (tertiary/aromatic N) is 1. The maximum absolute atomic E-state index is 16.8. The van der Waals surface area contributed by atoms with Gasteiger partial charge in [0, 0.05) is 33.1 Å². The third-order valence-electron chi connectivity index (χ3n) is 10.6. The largest absolute Gasteiger partial charge is 0.309 e. The Hall–Kier alpha value is -5.60. The Balaban J connectivity index is 1.46. The van der Waals surface area contributed by atoms with Crippen molar-refractivity contribution in [1.82, 2.24) is 4.98 Å². The Labute approximate surface area is 286 Å². The number of aromatic nitrogens is 1. The van der Waals surface area contributed by atoms with Crippen LogP contribution in [0.15, 0.2) is 182 Å². The molecule has 0 amide bonds. The summed E-state index contributed by atoms with van der Waals surface area (Å²) < 4.78 is 16.8. The SMILES string of the molecule is O=P1(c2ccc3cccnc3c2)c2ccccc2C2=C(c3ccccc3[Si]2(c2ccccc2)c2ccccc2)c2c1ccc1ccccc21. The molecule has 1 unspecified atom stereocenters. The number of hydrogen-bond acceptors (Lipinski definition) is 2. The van der Waals surface area contributed by atoms with Gasteiger partial charge in [-0.05, 0) is 66.4 Å². The highest BCUT2D eigenvalue weighted by Gasteiger charge is 2.54. The second kappa shape index (κ2) is 10.7. The van der Waals surface area contributed by atoms with E-state index < -0.39 is 15.2 Å². The molecule has 7 aromatic carbocycles. The van der Waals surface area contributed by atoms with Gasteiger partial charge in [-0.1, -0.05) is 158 Å². The summed E-state index contributed by atoms with van der Waals surface area (Å²) in [6, 6.07) is 62.9. The number of hydrogen-bond donors (Lipinski definition) is 0. The molecule has 0 aliphatic carbocycles. The minimum absolute atomic E-state index is 0.809. The van der Waals surface area contributed by atoms with Crippen LogP contribution in [-0.2, 0) is 4.57 Å². The summed E-state index contributed by atoms with van der Waals surface area (Å²) in [5.74, 6) is 0. The van der Waals surface area contributed by atoms with Gasteiger partial charge < -0.3 is 4.57 Å². The van der Waals surface area contributed by atoms with Gasteiger partial charge in [-0.3, -0.25) is 4.98 Å². The van der Waals surface area contributed by atoms with Crippen molar-refractivity contribution in [2.75, 3.05) is 0 Å². The maximum Gasteiger partial charge on any atom is 0.181 e. The van der Waals surface area contributed by atoms with Crippen LogP contribution in [0, 0.1) is 0 Å². The van der Waals surface area contributed by atoms with Gasteiger partial charge in [0.25, 0.3) is 0 Å². The Bertz CT molecular complexity index is 2660. The molecule has 1 aromatic heterocycles. The molecule has 4 heteroatoms. The van der Waals surface area contributed by atoms with E-state index in [0.717, 1.165) is 48.7 Å². The Morgan fingerprint density at radius 2 is 1.14 bits per heavy atom. The van der Waals surface area contributed by atoms with Crippen molar-refractivity contribution in [1.29, 1.82) is 0 Å². The second-order valence-corrected chi connectivity index (χ2v) is 19.4. The third-order valence-corrected chi connectivity index (χ3v) is 18.6. The molecule has 2 nitrogen and oxygen atoms in total. The quantitative estimate of drug-likeness (QED) is 0.147. The lowest BCUT2D eigenvalue weighted by Crippen LogP contribution is -2.67. The van der Waals surface area contributed by atoms with Crippen LogP contribution in [0.5, 0.6) is 0 Å². The minimum atomic E-state index is -3.46. The lowest BCUT2D eigenvalue weighted by molar-refractivity contribution is 0.592. The van der Waals surface area contributed by atoms with Crippen LogP contribution in [-0.4, -0.2) is 13.1 Å². The fraction of sp³-hybridized carbons (Fsp3) is 0. The smallest absolute Gasteiger partial charge is 0.181 e. The fourth-order valence-corrected chi connectivity index (χ4v) is 17.2. The van der Waals surface area contributed by atoms with Gasteiger partial charge in [0.1, 0.15) is 0 Å². The minimum Gasteiger partial charge on any atom is -0.309 e. The summed E-state index contributed by atoms with van der Waals surface area (Å²) >= 11 is 0. The summed E-state index contributed by atoms with van der Waals surface area (Å²) in [5.41, 5.74) is 5.46. The maximum atomic E-state index is 16.8. The molecule has 49 heavy (non-hydrogen) atoms. The van der Waals surface area contributed by atoms with E-state index in [-0.39, 0.29) is 0 Å². The van der Waals surface area contributed by atoms with Crippen LogP contribution < -0.4 is 31.5 Å². The molecule has 0 bridgehead atoms. The first-order valence-electron chi connectivity index (χ1n) is 16.7. The molecule has 0 fully saturated rings. The van der Waals surface area contributed by atoms with Crippen molar-refractivity contribution in [3.8, 4) is 0 Å². The van der Waals surface area contributed by atoms with E-state index in [4.69, 9.17) is 4.98 Å². The topological polar surface area (TPSA) is 30.0 Å². The molecule has 10 rings (SSSR count). The van der Waals surface area contributed by atoms with Gasteiger partial charge in [-0.2, -0.15) is 0 Å². The average molecular weight is 660 g/mol. The third kappa shape index (κ3) is 3.83. The Morgan fingerprint density at radius 3 is 1.94 bits per heavy atom. The van der Waals surface area contributed by atoms with Crippen LogP contribution in [0.1, 0.15) is 16.7 Å². The zero-order valence-corrected chi connectivity index (χ0v) is 28.5. The monoisotopic (exact) mass is 659 g/mol. The van der Waals surface area contributed by atoms with Gasteiger partial charge in [0.05, 0.1) is 5.52 Å². The van der Waals surface area contributed by atoms with Gasteiger partial charge in [-0.25, -0.2) is 0 Å². The van der Waals surface area contributed by atoms with Crippen LogP contribution >= 0.6 is 7.14 Å². The molecule has 0 saturated carbocycles. The molecule has 2 aliphatic heterocycles.